The first-order chi connectivity index (χ1) is 7.27. The largest absolute Gasteiger partial charge is 0.368 e. The second-order valence-corrected chi connectivity index (χ2v) is 5.09. The summed E-state index contributed by atoms with van der Waals surface area (Å²) >= 11 is 0. The number of carbonyl (C=O) groups excluding carboxylic acids is 1. The summed E-state index contributed by atoms with van der Waals surface area (Å²) in [6.45, 7) is 0.967. The number of carbonyl (C=O) groups is 1. The molecule has 2 fully saturated rings. The van der Waals surface area contributed by atoms with Crippen LogP contribution >= 0.6 is 0 Å². The fraction of sp³-hybridized carbons (Fsp3) is 0.917. The molecule has 2 rings (SSSR count). The molecular formula is C12H22N2O. The maximum Gasteiger partial charge on any atom is 0.234 e. The minimum atomic E-state index is -0.171. The second kappa shape index (κ2) is 4.97. The smallest absolute Gasteiger partial charge is 0.234 e. The molecule has 0 radical (unpaired) electrons. The quantitative estimate of drug-likeness (QED) is 0.724. The predicted octanol–water partition coefficient (Wildman–Crippen LogP) is 1.42. The highest BCUT2D eigenvalue weighted by Crippen LogP contribution is 2.35. The van der Waals surface area contributed by atoms with Crippen molar-refractivity contribution in [1.29, 1.82) is 0 Å². The van der Waals surface area contributed by atoms with Gasteiger partial charge in [0.1, 0.15) is 0 Å². The number of piperidine rings is 1. The zero-order valence-corrected chi connectivity index (χ0v) is 9.37. The standard InChI is InChI=1S/C12H22N2O/c13-12(15)11-8-10(6-7-14-11)9-4-2-1-3-5-9/h9-11,14H,1-8H2,(H2,13,15)/t10-,11+/m1/s1. The minimum Gasteiger partial charge on any atom is -0.368 e. The zero-order chi connectivity index (χ0) is 10.7. The molecule has 1 heterocycles. The van der Waals surface area contributed by atoms with E-state index in [1.807, 2.05) is 0 Å². The van der Waals surface area contributed by atoms with Crippen LogP contribution in [0.3, 0.4) is 0 Å². The van der Waals surface area contributed by atoms with Crippen LogP contribution in [0.4, 0.5) is 0 Å². The topological polar surface area (TPSA) is 55.1 Å². The first kappa shape index (κ1) is 10.9. The Balaban J connectivity index is 1.88. The summed E-state index contributed by atoms with van der Waals surface area (Å²) in [5.41, 5.74) is 5.36. The van der Waals surface area contributed by atoms with Gasteiger partial charge in [-0.3, -0.25) is 4.79 Å². The fourth-order valence-corrected chi connectivity index (χ4v) is 3.20. The lowest BCUT2D eigenvalue weighted by molar-refractivity contribution is -0.121. The lowest BCUT2D eigenvalue weighted by atomic mass is 9.74. The average Bonchev–Trinajstić information content (AvgIpc) is 2.30. The molecular weight excluding hydrogens is 188 g/mol. The third-order valence-electron chi connectivity index (χ3n) is 4.10. The van der Waals surface area contributed by atoms with Crippen molar-refractivity contribution in [3.05, 3.63) is 0 Å². The van der Waals surface area contributed by atoms with Crippen molar-refractivity contribution in [2.45, 2.75) is 51.0 Å². The molecule has 0 bridgehead atoms. The van der Waals surface area contributed by atoms with Gasteiger partial charge in [-0.25, -0.2) is 0 Å². The van der Waals surface area contributed by atoms with Crippen LogP contribution in [0.25, 0.3) is 0 Å². The molecule has 86 valence electrons. The Morgan fingerprint density at radius 2 is 1.80 bits per heavy atom. The van der Waals surface area contributed by atoms with Crippen LogP contribution < -0.4 is 11.1 Å². The molecule has 0 spiro atoms. The highest BCUT2D eigenvalue weighted by molar-refractivity contribution is 5.79. The Kier molecular flexibility index (Phi) is 3.62. The van der Waals surface area contributed by atoms with E-state index in [4.69, 9.17) is 5.73 Å². The van der Waals surface area contributed by atoms with Crippen LogP contribution in [-0.4, -0.2) is 18.5 Å². The van der Waals surface area contributed by atoms with E-state index in [2.05, 4.69) is 5.32 Å². The molecule has 3 nitrogen and oxygen atoms in total. The van der Waals surface area contributed by atoms with Crippen LogP contribution in [0.1, 0.15) is 44.9 Å². The van der Waals surface area contributed by atoms with Gasteiger partial charge in [0.05, 0.1) is 6.04 Å². The van der Waals surface area contributed by atoms with Crippen LogP contribution in [-0.2, 0) is 4.79 Å². The van der Waals surface area contributed by atoms with E-state index >= 15 is 0 Å². The molecule has 0 unspecified atom stereocenters. The molecule has 1 saturated carbocycles. The van der Waals surface area contributed by atoms with Crippen molar-refractivity contribution in [3.63, 3.8) is 0 Å². The molecule has 0 aromatic carbocycles. The summed E-state index contributed by atoms with van der Waals surface area (Å²) < 4.78 is 0. The van der Waals surface area contributed by atoms with Crippen molar-refractivity contribution in [1.82, 2.24) is 5.32 Å². The third kappa shape index (κ3) is 2.71. The van der Waals surface area contributed by atoms with Crippen molar-refractivity contribution < 1.29 is 4.79 Å². The number of amides is 1. The van der Waals surface area contributed by atoms with E-state index in [0.29, 0.717) is 0 Å². The maximum absolute atomic E-state index is 11.1. The number of nitrogens with one attached hydrogen (secondary N) is 1. The zero-order valence-electron chi connectivity index (χ0n) is 9.37. The SMILES string of the molecule is NC(=O)[C@@H]1C[C@H](C2CCCCC2)CCN1. The molecule has 0 aromatic rings. The molecule has 3 heteroatoms. The van der Waals surface area contributed by atoms with Gasteiger partial charge in [-0.15, -0.1) is 0 Å². The lowest BCUT2D eigenvalue weighted by Gasteiger charge is -2.36. The number of nitrogens with two attached hydrogens (primary N) is 1. The Morgan fingerprint density at radius 3 is 2.47 bits per heavy atom. The second-order valence-electron chi connectivity index (χ2n) is 5.09. The molecule has 2 atom stereocenters. The van der Waals surface area contributed by atoms with Gasteiger partial charge in [-0.05, 0) is 31.2 Å². The number of hydrogen-bond acceptors (Lipinski definition) is 2. The minimum absolute atomic E-state index is 0.0642. The van der Waals surface area contributed by atoms with Gasteiger partial charge in [0.2, 0.25) is 5.91 Å². The summed E-state index contributed by atoms with van der Waals surface area (Å²) in [4.78, 5) is 11.1. The Morgan fingerprint density at radius 1 is 1.07 bits per heavy atom. The summed E-state index contributed by atoms with van der Waals surface area (Å²) in [7, 11) is 0. The first-order valence-corrected chi connectivity index (χ1v) is 6.30. The molecule has 0 aromatic heterocycles. The van der Waals surface area contributed by atoms with Crippen molar-refractivity contribution in [2.24, 2.45) is 17.6 Å². The average molecular weight is 210 g/mol. The van der Waals surface area contributed by atoms with Gasteiger partial charge in [-0.1, -0.05) is 32.1 Å². The van der Waals surface area contributed by atoms with Crippen LogP contribution in [0, 0.1) is 11.8 Å². The van der Waals surface area contributed by atoms with Gasteiger partial charge >= 0.3 is 0 Å². The van der Waals surface area contributed by atoms with Gasteiger partial charge in [0.25, 0.3) is 0 Å². The number of hydrogen-bond donors (Lipinski definition) is 2. The van der Waals surface area contributed by atoms with Gasteiger partial charge < -0.3 is 11.1 Å². The van der Waals surface area contributed by atoms with E-state index in [1.54, 1.807) is 0 Å². The lowest BCUT2D eigenvalue weighted by Crippen LogP contribution is -2.48. The van der Waals surface area contributed by atoms with Crippen LogP contribution in [0.2, 0.25) is 0 Å². The molecule has 2 aliphatic rings. The van der Waals surface area contributed by atoms with Crippen molar-refractivity contribution in [2.75, 3.05) is 6.54 Å². The fourth-order valence-electron chi connectivity index (χ4n) is 3.20. The van der Waals surface area contributed by atoms with E-state index in [1.165, 1.54) is 38.5 Å². The first-order valence-electron chi connectivity index (χ1n) is 6.30. The van der Waals surface area contributed by atoms with Crippen molar-refractivity contribution in [3.8, 4) is 0 Å². The van der Waals surface area contributed by atoms with Gasteiger partial charge in [0.15, 0.2) is 0 Å². The number of primary amides is 1. The van der Waals surface area contributed by atoms with E-state index < -0.39 is 0 Å². The third-order valence-corrected chi connectivity index (χ3v) is 4.10. The van der Waals surface area contributed by atoms with Gasteiger partial charge in [-0.2, -0.15) is 0 Å². The summed E-state index contributed by atoms with van der Waals surface area (Å²) in [5.74, 6) is 1.43. The Bertz CT molecular complexity index is 224. The number of rotatable bonds is 2. The van der Waals surface area contributed by atoms with E-state index in [0.717, 1.165) is 24.8 Å². The van der Waals surface area contributed by atoms with Gasteiger partial charge in [0, 0.05) is 0 Å². The Hall–Kier alpha value is -0.570. The van der Waals surface area contributed by atoms with Crippen LogP contribution in [0.5, 0.6) is 0 Å². The molecule has 3 N–H and O–H groups in total. The highest BCUT2D eigenvalue weighted by atomic mass is 16.1. The van der Waals surface area contributed by atoms with E-state index in [-0.39, 0.29) is 11.9 Å². The Labute approximate surface area is 91.8 Å². The highest BCUT2D eigenvalue weighted by Gasteiger charge is 2.30. The van der Waals surface area contributed by atoms with E-state index in [9.17, 15) is 4.79 Å². The predicted molar refractivity (Wildman–Crippen MR) is 60.3 cm³/mol. The molecule has 1 aliphatic heterocycles. The summed E-state index contributed by atoms with van der Waals surface area (Å²) in [6, 6.07) is -0.0642. The summed E-state index contributed by atoms with van der Waals surface area (Å²) in [5, 5.41) is 3.21. The normalized spacial score (nSPS) is 33.9. The molecule has 1 amide bonds. The van der Waals surface area contributed by atoms with Crippen LogP contribution in [0.15, 0.2) is 0 Å². The molecule has 1 saturated heterocycles. The van der Waals surface area contributed by atoms with Crippen molar-refractivity contribution >= 4 is 5.91 Å². The summed E-state index contributed by atoms with van der Waals surface area (Å²) in [6.07, 6.45) is 9.12. The maximum atomic E-state index is 11.1. The molecule has 15 heavy (non-hydrogen) atoms. The monoisotopic (exact) mass is 210 g/mol. The molecule has 1 aliphatic carbocycles.